The number of nitrogens with one attached hydrogen (secondary N) is 1. The molecule has 146 valence electrons. The largest absolute Gasteiger partial charge is 0.353 e. The lowest BCUT2D eigenvalue weighted by Gasteiger charge is -2.09. The highest BCUT2D eigenvalue weighted by atomic mass is 32.2. The van der Waals surface area contributed by atoms with Crippen molar-refractivity contribution >= 4 is 39.8 Å². The van der Waals surface area contributed by atoms with E-state index in [1.54, 1.807) is 12.3 Å². The summed E-state index contributed by atoms with van der Waals surface area (Å²) in [6, 6.07) is 13.2. The van der Waals surface area contributed by atoms with E-state index in [1.807, 2.05) is 30.3 Å². The first-order valence-corrected chi connectivity index (χ1v) is 9.42. The maximum Gasteiger partial charge on any atom is 0.353 e. The van der Waals surface area contributed by atoms with E-state index < -0.39 is 24.1 Å². The monoisotopic (exact) mass is 413 g/mol. The van der Waals surface area contributed by atoms with Crippen molar-refractivity contribution in [1.29, 1.82) is 0 Å². The summed E-state index contributed by atoms with van der Waals surface area (Å²) in [6.07, 6.45) is 4.49. The number of aromatic nitrogens is 2. The van der Waals surface area contributed by atoms with Gasteiger partial charge in [0.15, 0.2) is 5.17 Å². The number of nitrogens with zero attached hydrogens (tertiary/aromatic N) is 3. The Labute approximate surface area is 168 Å². The van der Waals surface area contributed by atoms with Crippen LogP contribution in [0.5, 0.6) is 0 Å². The number of amides is 1. The first-order valence-electron chi connectivity index (χ1n) is 8.61. The van der Waals surface area contributed by atoms with E-state index in [-0.39, 0.29) is 5.17 Å². The molecule has 6 nitrogen and oxygen atoms in total. The quantitative estimate of drug-likeness (QED) is 0.391. The van der Waals surface area contributed by atoms with Crippen LogP contribution < -0.4 is 10.0 Å². The minimum atomic E-state index is -3.40. The summed E-state index contributed by atoms with van der Waals surface area (Å²) in [4.78, 5) is 20.6. The van der Waals surface area contributed by atoms with Crippen molar-refractivity contribution in [2.45, 2.75) is 5.92 Å². The molecule has 0 spiro atoms. The average Bonchev–Trinajstić information content (AvgIpc) is 3.06. The van der Waals surface area contributed by atoms with Crippen LogP contribution in [0.2, 0.25) is 0 Å². The fourth-order valence-corrected chi connectivity index (χ4v) is 3.63. The number of hydrogen-bond donors (Lipinski definition) is 2. The molecule has 3 heterocycles. The summed E-state index contributed by atoms with van der Waals surface area (Å²) in [5.41, 5.74) is 1.05. The second-order valence-corrected chi connectivity index (χ2v) is 7.31. The van der Waals surface area contributed by atoms with Crippen LogP contribution in [-0.2, 0) is 10.7 Å². The van der Waals surface area contributed by atoms with Crippen LogP contribution in [0.3, 0.4) is 0 Å². The number of carbonyl (C=O) groups excluding carboxylic acids is 1. The SMILES string of the molecule is O=C1NC(=NCC(F)(F)c2cccc[n+]2O)S/C1=C\c1ccc2ncccc2c1. The average molecular weight is 413 g/mol. The molecule has 0 radical (unpaired) electrons. The van der Waals surface area contributed by atoms with Gasteiger partial charge in [-0.25, -0.2) is 0 Å². The van der Waals surface area contributed by atoms with Gasteiger partial charge < -0.3 is 5.32 Å². The van der Waals surface area contributed by atoms with Gasteiger partial charge >= 0.3 is 11.6 Å². The zero-order valence-corrected chi connectivity index (χ0v) is 15.7. The van der Waals surface area contributed by atoms with E-state index in [0.717, 1.165) is 40.5 Å². The number of thioether (sulfide) groups is 1. The number of aliphatic imine (C=N–C) groups is 1. The van der Waals surface area contributed by atoms with Gasteiger partial charge in [0, 0.05) is 28.4 Å². The van der Waals surface area contributed by atoms with Gasteiger partial charge in [0.05, 0.1) is 10.4 Å². The lowest BCUT2D eigenvalue weighted by Crippen LogP contribution is -2.41. The summed E-state index contributed by atoms with van der Waals surface area (Å²) >= 11 is 0.991. The maximum absolute atomic E-state index is 14.3. The highest BCUT2D eigenvalue weighted by molar-refractivity contribution is 8.18. The molecule has 4 rings (SSSR count). The third kappa shape index (κ3) is 4.09. The van der Waals surface area contributed by atoms with Crippen LogP contribution >= 0.6 is 11.8 Å². The fraction of sp³-hybridized carbons (Fsp3) is 0.100. The Balaban J connectivity index is 1.52. The normalized spacial score (nSPS) is 17.2. The molecule has 29 heavy (non-hydrogen) atoms. The van der Waals surface area contributed by atoms with Crippen molar-refractivity contribution in [1.82, 2.24) is 10.3 Å². The van der Waals surface area contributed by atoms with Crippen LogP contribution in [0.25, 0.3) is 17.0 Å². The van der Waals surface area contributed by atoms with E-state index in [4.69, 9.17) is 0 Å². The second-order valence-electron chi connectivity index (χ2n) is 6.28. The predicted molar refractivity (Wildman–Crippen MR) is 105 cm³/mol. The van der Waals surface area contributed by atoms with E-state index in [2.05, 4.69) is 15.3 Å². The number of hydrogen-bond acceptors (Lipinski definition) is 5. The lowest BCUT2D eigenvalue weighted by molar-refractivity contribution is -0.913. The smallest absolute Gasteiger partial charge is 0.301 e. The van der Waals surface area contributed by atoms with Crippen molar-refractivity contribution < 1.29 is 23.5 Å². The van der Waals surface area contributed by atoms with Gasteiger partial charge in [0.1, 0.15) is 6.54 Å². The molecule has 1 aliphatic heterocycles. The van der Waals surface area contributed by atoms with Gasteiger partial charge in [-0.2, -0.15) is 8.78 Å². The third-order valence-electron chi connectivity index (χ3n) is 4.21. The van der Waals surface area contributed by atoms with Gasteiger partial charge in [-0.3, -0.25) is 20.0 Å². The van der Waals surface area contributed by atoms with Gasteiger partial charge in [0.25, 0.3) is 5.91 Å². The van der Waals surface area contributed by atoms with Crippen molar-refractivity contribution in [2.24, 2.45) is 4.99 Å². The van der Waals surface area contributed by atoms with E-state index in [1.165, 1.54) is 12.1 Å². The maximum atomic E-state index is 14.3. The summed E-state index contributed by atoms with van der Waals surface area (Å²) in [5.74, 6) is -3.80. The molecule has 1 fully saturated rings. The topological polar surface area (TPSA) is 78.5 Å². The molecule has 2 N–H and O–H groups in total. The number of halogens is 2. The van der Waals surface area contributed by atoms with Crippen molar-refractivity contribution in [3.8, 4) is 0 Å². The molecule has 3 aromatic rings. The van der Waals surface area contributed by atoms with Gasteiger partial charge in [-0.05, 0) is 47.7 Å². The van der Waals surface area contributed by atoms with E-state index >= 15 is 0 Å². The highest BCUT2D eigenvalue weighted by Gasteiger charge is 2.41. The minimum Gasteiger partial charge on any atom is -0.301 e. The van der Waals surface area contributed by atoms with Crippen LogP contribution in [0.1, 0.15) is 11.3 Å². The molecule has 0 bridgehead atoms. The van der Waals surface area contributed by atoms with Crippen LogP contribution in [0, 0.1) is 0 Å². The Morgan fingerprint density at radius 2 is 2.10 bits per heavy atom. The second kappa shape index (κ2) is 7.59. The molecular weight excluding hydrogens is 398 g/mol. The molecule has 0 atom stereocenters. The molecule has 1 aliphatic rings. The molecule has 2 aromatic heterocycles. The highest BCUT2D eigenvalue weighted by Crippen LogP contribution is 2.29. The number of benzene rings is 1. The summed E-state index contributed by atoms with van der Waals surface area (Å²) in [5, 5.41) is 13.1. The Bertz CT molecular complexity index is 1160. The fourth-order valence-electron chi connectivity index (χ4n) is 2.81. The Morgan fingerprint density at radius 1 is 1.24 bits per heavy atom. The molecule has 1 aromatic carbocycles. The van der Waals surface area contributed by atoms with Crippen molar-refractivity contribution in [2.75, 3.05) is 6.54 Å². The van der Waals surface area contributed by atoms with E-state index in [9.17, 15) is 18.8 Å². The molecule has 0 unspecified atom stereocenters. The number of fused-ring (bicyclic) bond motifs is 1. The van der Waals surface area contributed by atoms with Crippen LogP contribution in [-0.4, -0.2) is 27.8 Å². The number of pyridine rings is 2. The lowest BCUT2D eigenvalue weighted by atomic mass is 10.1. The molecule has 0 saturated carbocycles. The molecular formula is C20H15F2N4O2S+. The first-order chi connectivity index (χ1) is 13.9. The van der Waals surface area contributed by atoms with Crippen LogP contribution in [0.4, 0.5) is 8.78 Å². The van der Waals surface area contributed by atoms with Crippen LogP contribution in [0.15, 0.2) is 70.8 Å². The number of alkyl halides is 2. The number of amidine groups is 1. The molecule has 9 heteroatoms. The molecule has 1 saturated heterocycles. The summed E-state index contributed by atoms with van der Waals surface area (Å²) < 4.78 is 29.0. The Morgan fingerprint density at radius 3 is 2.93 bits per heavy atom. The van der Waals surface area contributed by atoms with Gasteiger partial charge in [-0.15, -0.1) is 0 Å². The Hall–Kier alpha value is -3.33. The predicted octanol–water partition coefficient (Wildman–Crippen LogP) is 3.11. The van der Waals surface area contributed by atoms with Gasteiger partial charge in [0.2, 0.25) is 6.20 Å². The van der Waals surface area contributed by atoms with Crippen molar-refractivity contribution in [3.63, 3.8) is 0 Å². The van der Waals surface area contributed by atoms with Gasteiger partial charge in [-0.1, -0.05) is 12.1 Å². The zero-order valence-electron chi connectivity index (χ0n) is 14.9. The number of carbonyl (C=O) groups is 1. The minimum absolute atomic E-state index is 0.0869. The zero-order chi connectivity index (χ0) is 20.4. The standard InChI is InChI=1S/C20H14F2N4O2S/c21-20(22,17-5-1-2-9-26(17)28)12-24-19-25-18(27)16(29-19)11-13-6-7-15-14(10-13)4-3-8-23-15/h1-11H,12H2,(H-,24,25,27,28)/p+1/b16-11-. The van der Waals surface area contributed by atoms with E-state index in [0.29, 0.717) is 9.64 Å². The molecule has 0 aliphatic carbocycles. The van der Waals surface area contributed by atoms with Crippen molar-refractivity contribution in [3.05, 3.63) is 77.1 Å². The number of rotatable bonds is 4. The third-order valence-corrected chi connectivity index (χ3v) is 5.16. The summed E-state index contributed by atoms with van der Waals surface area (Å²) in [7, 11) is 0. The first kappa shape index (κ1) is 19.0. The molecule has 1 amide bonds. The Kier molecular flexibility index (Phi) is 4.98. The summed E-state index contributed by atoms with van der Waals surface area (Å²) in [6.45, 7) is -0.908.